The highest BCUT2D eigenvalue weighted by Gasteiger charge is 2.02. The molecule has 0 heterocycles. The van der Waals surface area contributed by atoms with Crippen molar-refractivity contribution in [2.24, 2.45) is 0 Å². The van der Waals surface area contributed by atoms with Crippen molar-refractivity contribution in [3.8, 4) is 18.1 Å². The number of nitrogens with one attached hydrogen (secondary N) is 1. The second-order valence-corrected chi connectivity index (χ2v) is 4.69. The number of rotatable bonds is 6. The lowest BCUT2D eigenvalue weighted by atomic mass is 10.1. The summed E-state index contributed by atoms with van der Waals surface area (Å²) in [6.07, 6.45) is 5.23. The Morgan fingerprint density at radius 3 is 2.60 bits per heavy atom. The van der Waals surface area contributed by atoms with Crippen molar-refractivity contribution < 1.29 is 4.74 Å². The summed E-state index contributed by atoms with van der Waals surface area (Å²) in [4.78, 5) is 0. The first-order chi connectivity index (χ1) is 9.79. The molecule has 0 aromatic heterocycles. The third-order valence-electron chi connectivity index (χ3n) is 3.03. The minimum absolute atomic E-state index is 0.562. The van der Waals surface area contributed by atoms with Gasteiger partial charge in [0.2, 0.25) is 0 Å². The topological polar surface area (TPSA) is 21.3 Å². The van der Waals surface area contributed by atoms with Gasteiger partial charge < -0.3 is 10.1 Å². The maximum Gasteiger partial charge on any atom is 0.124 e. The van der Waals surface area contributed by atoms with Crippen LogP contribution in [0.25, 0.3) is 0 Å². The second kappa shape index (κ2) is 7.37. The molecule has 0 radical (unpaired) electrons. The first-order valence-corrected chi connectivity index (χ1v) is 6.70. The zero-order valence-electron chi connectivity index (χ0n) is 11.7. The Kier molecular flexibility index (Phi) is 5.23. The van der Waals surface area contributed by atoms with Crippen molar-refractivity contribution in [3.63, 3.8) is 0 Å². The van der Waals surface area contributed by atoms with Crippen LogP contribution in [0.2, 0.25) is 0 Å². The van der Waals surface area contributed by atoms with E-state index < -0.39 is 0 Å². The Hall–Kier alpha value is -2.24. The van der Waals surface area contributed by atoms with Gasteiger partial charge in [-0.25, -0.2) is 0 Å². The van der Waals surface area contributed by atoms with Crippen molar-refractivity contribution in [2.45, 2.75) is 20.1 Å². The van der Waals surface area contributed by atoms with E-state index in [4.69, 9.17) is 11.2 Å². The fourth-order valence-corrected chi connectivity index (χ4v) is 1.91. The normalized spacial score (nSPS) is 10.0. The van der Waals surface area contributed by atoms with E-state index in [0.717, 1.165) is 11.3 Å². The van der Waals surface area contributed by atoms with Crippen molar-refractivity contribution in [3.05, 3.63) is 65.2 Å². The molecule has 0 aliphatic rings. The summed E-state index contributed by atoms with van der Waals surface area (Å²) in [6.45, 7) is 3.93. The predicted octanol–water partition coefficient (Wildman–Crippen LogP) is 3.30. The molecule has 2 aromatic carbocycles. The van der Waals surface area contributed by atoms with Crippen molar-refractivity contribution in [2.75, 3.05) is 6.54 Å². The quantitative estimate of drug-likeness (QED) is 0.639. The van der Waals surface area contributed by atoms with Crippen molar-refractivity contribution in [1.82, 2.24) is 5.32 Å². The summed E-state index contributed by atoms with van der Waals surface area (Å²) in [6, 6.07) is 16.4. The third-order valence-corrected chi connectivity index (χ3v) is 3.03. The van der Waals surface area contributed by atoms with Gasteiger partial charge in [-0.1, -0.05) is 53.9 Å². The molecule has 1 N–H and O–H groups in total. The average molecular weight is 265 g/mol. The summed E-state index contributed by atoms with van der Waals surface area (Å²) < 4.78 is 5.90. The van der Waals surface area contributed by atoms with E-state index in [1.165, 1.54) is 11.1 Å². The minimum Gasteiger partial charge on any atom is -0.489 e. The maximum atomic E-state index is 5.90. The van der Waals surface area contributed by atoms with Crippen LogP contribution in [0.1, 0.15) is 16.7 Å². The van der Waals surface area contributed by atoms with E-state index in [2.05, 4.69) is 42.4 Å². The highest BCUT2D eigenvalue weighted by Crippen LogP contribution is 2.19. The summed E-state index contributed by atoms with van der Waals surface area (Å²) in [5.74, 6) is 3.47. The number of benzene rings is 2. The van der Waals surface area contributed by atoms with Crippen LogP contribution in [-0.2, 0) is 13.2 Å². The van der Waals surface area contributed by atoms with Gasteiger partial charge in [0.25, 0.3) is 0 Å². The Balaban J connectivity index is 1.98. The van der Waals surface area contributed by atoms with Gasteiger partial charge in [0, 0.05) is 12.1 Å². The fraction of sp³-hybridized carbons (Fsp3) is 0.222. The lowest BCUT2D eigenvalue weighted by Gasteiger charge is -2.11. The highest BCUT2D eigenvalue weighted by molar-refractivity contribution is 5.33. The molecule has 2 rings (SSSR count). The van der Waals surface area contributed by atoms with Gasteiger partial charge in [-0.2, -0.15) is 0 Å². The van der Waals surface area contributed by atoms with Crippen LogP contribution in [0.15, 0.2) is 48.5 Å². The van der Waals surface area contributed by atoms with Gasteiger partial charge in [0.05, 0.1) is 6.54 Å². The van der Waals surface area contributed by atoms with Crippen LogP contribution in [0.4, 0.5) is 0 Å². The summed E-state index contributed by atoms with van der Waals surface area (Å²) in [5.41, 5.74) is 3.55. The Morgan fingerprint density at radius 1 is 1.10 bits per heavy atom. The van der Waals surface area contributed by atoms with Gasteiger partial charge in [-0.3, -0.25) is 0 Å². The number of para-hydroxylation sites is 1. The molecule has 0 unspecified atom stereocenters. The fourth-order valence-electron chi connectivity index (χ4n) is 1.91. The van der Waals surface area contributed by atoms with E-state index in [1.54, 1.807) is 0 Å². The van der Waals surface area contributed by atoms with Crippen LogP contribution in [0, 0.1) is 19.3 Å². The molecule has 102 valence electrons. The average Bonchev–Trinajstić information content (AvgIpc) is 2.48. The number of terminal acetylenes is 1. The first kappa shape index (κ1) is 14.2. The van der Waals surface area contributed by atoms with Crippen molar-refractivity contribution in [1.29, 1.82) is 0 Å². The van der Waals surface area contributed by atoms with E-state index in [0.29, 0.717) is 19.7 Å². The molecule has 0 saturated heterocycles. The molecule has 0 aliphatic carbocycles. The molecule has 0 atom stereocenters. The molecule has 20 heavy (non-hydrogen) atoms. The van der Waals surface area contributed by atoms with Crippen LogP contribution in [0.5, 0.6) is 5.75 Å². The second-order valence-electron chi connectivity index (χ2n) is 4.69. The number of hydrogen-bond donors (Lipinski definition) is 1. The zero-order chi connectivity index (χ0) is 14.2. The molecule has 0 bridgehead atoms. The molecular weight excluding hydrogens is 246 g/mol. The van der Waals surface area contributed by atoms with Gasteiger partial charge in [-0.15, -0.1) is 6.42 Å². The Bertz CT molecular complexity index is 581. The number of aryl methyl sites for hydroxylation is 1. The van der Waals surface area contributed by atoms with Crippen LogP contribution < -0.4 is 10.1 Å². The molecule has 2 aromatic rings. The van der Waals surface area contributed by atoms with Crippen LogP contribution in [-0.4, -0.2) is 6.54 Å². The highest BCUT2D eigenvalue weighted by atomic mass is 16.5. The Morgan fingerprint density at radius 2 is 1.85 bits per heavy atom. The molecule has 0 saturated carbocycles. The SMILES string of the molecule is C#CCNCc1ccccc1OCc1ccc(C)cc1. The minimum atomic E-state index is 0.562. The summed E-state index contributed by atoms with van der Waals surface area (Å²) in [5, 5.41) is 3.18. The largest absolute Gasteiger partial charge is 0.489 e. The standard InChI is InChI=1S/C18H19NO/c1-3-12-19-13-17-6-4-5-7-18(17)20-14-16-10-8-15(2)9-11-16/h1,4-11,19H,12-14H2,2H3. The summed E-state index contributed by atoms with van der Waals surface area (Å²) in [7, 11) is 0. The predicted molar refractivity (Wildman–Crippen MR) is 82.5 cm³/mol. The van der Waals surface area contributed by atoms with E-state index in [9.17, 15) is 0 Å². The third kappa shape index (κ3) is 4.15. The number of hydrogen-bond acceptors (Lipinski definition) is 2. The van der Waals surface area contributed by atoms with E-state index in [-0.39, 0.29) is 0 Å². The molecule has 2 heteroatoms. The van der Waals surface area contributed by atoms with E-state index >= 15 is 0 Å². The zero-order valence-corrected chi connectivity index (χ0v) is 11.7. The molecule has 0 fully saturated rings. The molecule has 0 aliphatic heterocycles. The van der Waals surface area contributed by atoms with Gasteiger partial charge >= 0.3 is 0 Å². The maximum absolute atomic E-state index is 5.90. The number of ether oxygens (including phenoxy) is 1. The molecule has 0 spiro atoms. The smallest absolute Gasteiger partial charge is 0.124 e. The van der Waals surface area contributed by atoms with Gasteiger partial charge in [0.15, 0.2) is 0 Å². The van der Waals surface area contributed by atoms with Crippen LogP contribution in [0.3, 0.4) is 0 Å². The molecule has 0 amide bonds. The lowest BCUT2D eigenvalue weighted by Crippen LogP contribution is -2.13. The van der Waals surface area contributed by atoms with Crippen molar-refractivity contribution >= 4 is 0 Å². The Labute approximate surface area is 120 Å². The van der Waals surface area contributed by atoms with Gasteiger partial charge in [0.1, 0.15) is 12.4 Å². The molecular formula is C18H19NO. The summed E-state index contributed by atoms with van der Waals surface area (Å²) >= 11 is 0. The van der Waals surface area contributed by atoms with Crippen LogP contribution >= 0.6 is 0 Å². The first-order valence-electron chi connectivity index (χ1n) is 6.70. The van der Waals surface area contributed by atoms with E-state index in [1.807, 2.05) is 24.3 Å². The molecule has 2 nitrogen and oxygen atoms in total. The lowest BCUT2D eigenvalue weighted by molar-refractivity contribution is 0.302. The van der Waals surface area contributed by atoms with Gasteiger partial charge in [-0.05, 0) is 18.6 Å². The monoisotopic (exact) mass is 265 g/mol.